The van der Waals surface area contributed by atoms with E-state index < -0.39 is 41.8 Å². The number of hydrogen-bond donors (Lipinski definition) is 2. The smallest absolute Gasteiger partial charge is 0.419 e. The maximum Gasteiger partial charge on any atom is 0.419 e. The molecule has 2 heterocycles. The summed E-state index contributed by atoms with van der Waals surface area (Å²) >= 11 is 0. The Morgan fingerprint density at radius 3 is 2.37 bits per heavy atom. The number of nitrogens with two attached hydrogens (primary N) is 1. The van der Waals surface area contributed by atoms with Crippen molar-refractivity contribution in [2.45, 2.75) is 62.3 Å². The van der Waals surface area contributed by atoms with Crippen LogP contribution < -0.4 is 11.1 Å². The molecule has 1 saturated carbocycles. The molecule has 5 rings (SSSR count). The number of nitrogens with zero attached hydrogens (tertiary/aromatic N) is 2. The third-order valence-electron chi connectivity index (χ3n) is 7.88. The predicted molar refractivity (Wildman–Crippen MR) is 130 cm³/mol. The molecule has 1 aliphatic carbocycles. The van der Waals surface area contributed by atoms with E-state index in [0.717, 1.165) is 49.9 Å². The minimum absolute atomic E-state index is 0.00774. The molecule has 8 nitrogen and oxygen atoms in total. The Morgan fingerprint density at radius 1 is 0.947 bits per heavy atom. The van der Waals surface area contributed by atoms with Gasteiger partial charge in [-0.1, -0.05) is 24.3 Å². The second-order valence-electron chi connectivity index (χ2n) is 10.2. The number of carbonyl (C=O) groups is 3. The average Bonchev–Trinajstić information content (AvgIpc) is 3.50. The lowest BCUT2D eigenvalue weighted by Crippen LogP contribution is -2.48. The number of cyclic esters (lactones) is 1. The number of ether oxygens (including phenoxy) is 1. The zero-order valence-corrected chi connectivity index (χ0v) is 20.6. The molecule has 2 aromatic carbocycles. The molecule has 0 radical (unpaired) electrons. The van der Waals surface area contributed by atoms with Crippen LogP contribution in [0.4, 0.5) is 22.8 Å². The fraction of sp³-hybridized carbons (Fsp3) is 0.444. The molecular weight excluding hydrogens is 501 g/mol. The number of carbonyl (C=O) groups excluding carboxylic acids is 3. The van der Waals surface area contributed by atoms with Crippen LogP contribution in [-0.4, -0.2) is 59.1 Å². The number of urea groups is 1. The van der Waals surface area contributed by atoms with Gasteiger partial charge < -0.3 is 15.8 Å². The molecule has 2 saturated heterocycles. The van der Waals surface area contributed by atoms with Gasteiger partial charge in [-0.15, -0.1) is 0 Å². The van der Waals surface area contributed by atoms with Gasteiger partial charge in [0, 0.05) is 25.2 Å². The summed E-state index contributed by atoms with van der Waals surface area (Å²) in [5.74, 6) is -3.29. The highest BCUT2D eigenvalue weighted by atomic mass is 19.2. The van der Waals surface area contributed by atoms with Crippen molar-refractivity contribution in [1.29, 1.82) is 0 Å². The number of primary amides is 1. The first-order valence-corrected chi connectivity index (χ1v) is 12.8. The molecule has 4 amide bonds. The van der Waals surface area contributed by atoms with E-state index in [9.17, 15) is 27.6 Å². The first kappa shape index (κ1) is 26.0. The van der Waals surface area contributed by atoms with E-state index in [4.69, 9.17) is 10.5 Å². The number of benzene rings is 2. The summed E-state index contributed by atoms with van der Waals surface area (Å²) in [5.41, 5.74) is 6.14. The van der Waals surface area contributed by atoms with Gasteiger partial charge in [0.1, 0.15) is 11.9 Å². The molecule has 0 bridgehead atoms. The number of halogens is 3. The summed E-state index contributed by atoms with van der Waals surface area (Å²) < 4.78 is 46.6. The molecular formula is C27H29F3N4O4. The number of rotatable bonds is 5. The normalized spacial score (nSPS) is 27.8. The van der Waals surface area contributed by atoms with E-state index in [2.05, 4.69) is 10.2 Å². The van der Waals surface area contributed by atoms with Crippen LogP contribution in [0.1, 0.15) is 55.2 Å². The molecule has 0 spiro atoms. The molecule has 1 unspecified atom stereocenters. The van der Waals surface area contributed by atoms with Gasteiger partial charge in [-0.3, -0.25) is 9.69 Å². The van der Waals surface area contributed by atoms with Gasteiger partial charge in [0.05, 0.1) is 0 Å². The number of hydrogen-bond acceptors (Lipinski definition) is 5. The van der Waals surface area contributed by atoms with Crippen LogP contribution in [0, 0.1) is 17.5 Å². The lowest BCUT2D eigenvalue weighted by molar-refractivity contribution is -0.125. The van der Waals surface area contributed by atoms with Crippen molar-refractivity contribution in [3.63, 3.8) is 0 Å². The third-order valence-corrected chi connectivity index (χ3v) is 7.88. The first-order valence-electron chi connectivity index (χ1n) is 12.8. The zero-order chi connectivity index (χ0) is 27.0. The zero-order valence-electron chi connectivity index (χ0n) is 20.6. The van der Waals surface area contributed by atoms with E-state index in [1.54, 1.807) is 6.07 Å². The van der Waals surface area contributed by atoms with Gasteiger partial charge in [-0.05, 0) is 67.3 Å². The van der Waals surface area contributed by atoms with Crippen molar-refractivity contribution in [3.05, 3.63) is 71.0 Å². The van der Waals surface area contributed by atoms with Crippen LogP contribution in [-0.2, 0) is 9.53 Å². The summed E-state index contributed by atoms with van der Waals surface area (Å²) in [6.45, 7) is 1.32. The standard InChI is InChI=1S/C27H29F3N4O4/c28-20-4-2-1-3-19(20)15-5-8-18(9-6-15)33-12-11-17(14-33)32-26(36)34-23(24(25(31)35)38-27(34)37)16-7-10-21(29)22(30)13-16/h1-4,7,10,13,15,17-18,23-24H,5-6,8-9,11-12,14H2,(H2,31,35)(H,32,36)/t15?,17-,18?,23?,24-/m1/s1. The first-order chi connectivity index (χ1) is 18.2. The molecule has 3 fully saturated rings. The highest BCUT2D eigenvalue weighted by Crippen LogP contribution is 2.37. The summed E-state index contributed by atoms with van der Waals surface area (Å²) in [7, 11) is 0. The Balaban J connectivity index is 1.21. The van der Waals surface area contributed by atoms with Crippen molar-refractivity contribution in [2.24, 2.45) is 5.73 Å². The van der Waals surface area contributed by atoms with Crippen molar-refractivity contribution in [3.8, 4) is 0 Å². The number of amides is 4. The van der Waals surface area contributed by atoms with Crippen molar-refractivity contribution >= 4 is 18.0 Å². The minimum Gasteiger partial charge on any atom is -0.433 e. The second kappa shape index (κ2) is 10.6. The SMILES string of the molecule is NC(=O)[C@@H]1OC(=O)N(C(=O)N[C@@H]2CCN(C3CCC(c4ccccc4F)CC3)C2)C1c1ccc(F)c(F)c1. The molecule has 3 atom stereocenters. The van der Waals surface area contributed by atoms with E-state index >= 15 is 0 Å². The Morgan fingerprint density at radius 2 is 1.68 bits per heavy atom. The van der Waals surface area contributed by atoms with Gasteiger partial charge in [0.15, 0.2) is 11.6 Å². The van der Waals surface area contributed by atoms with Gasteiger partial charge >= 0.3 is 12.1 Å². The number of nitrogens with one attached hydrogen (secondary N) is 1. The highest BCUT2D eigenvalue weighted by Gasteiger charge is 2.50. The number of imide groups is 1. The Bertz CT molecular complexity index is 1240. The highest BCUT2D eigenvalue weighted by molar-refractivity contribution is 5.97. The van der Waals surface area contributed by atoms with Crippen LogP contribution in [0.3, 0.4) is 0 Å². The molecule has 0 aromatic heterocycles. The summed E-state index contributed by atoms with van der Waals surface area (Å²) in [6, 6.07) is 7.64. The third kappa shape index (κ3) is 5.07. The maximum atomic E-state index is 14.2. The van der Waals surface area contributed by atoms with E-state index in [1.807, 2.05) is 12.1 Å². The van der Waals surface area contributed by atoms with E-state index in [-0.39, 0.29) is 23.3 Å². The average molecular weight is 531 g/mol. The summed E-state index contributed by atoms with van der Waals surface area (Å²) in [4.78, 5) is 40.7. The van der Waals surface area contributed by atoms with Gasteiger partial charge in [-0.2, -0.15) is 0 Å². The van der Waals surface area contributed by atoms with Crippen LogP contribution in [0.2, 0.25) is 0 Å². The van der Waals surface area contributed by atoms with E-state index in [1.165, 1.54) is 12.1 Å². The topological polar surface area (TPSA) is 105 Å². The quantitative estimate of drug-likeness (QED) is 0.609. The fourth-order valence-electron chi connectivity index (χ4n) is 5.96. The second-order valence-corrected chi connectivity index (χ2v) is 10.2. The fourth-order valence-corrected chi connectivity index (χ4v) is 5.96. The molecule has 38 heavy (non-hydrogen) atoms. The predicted octanol–water partition coefficient (Wildman–Crippen LogP) is 3.96. The molecule has 2 aliphatic heterocycles. The largest absolute Gasteiger partial charge is 0.433 e. The van der Waals surface area contributed by atoms with Crippen LogP contribution in [0.5, 0.6) is 0 Å². The van der Waals surface area contributed by atoms with Gasteiger partial charge in [-0.25, -0.2) is 27.7 Å². The molecule has 3 aliphatic rings. The minimum atomic E-state index is -1.54. The summed E-state index contributed by atoms with van der Waals surface area (Å²) in [5, 5.41) is 2.82. The Hall–Kier alpha value is -3.60. The van der Waals surface area contributed by atoms with Crippen molar-refractivity contribution in [2.75, 3.05) is 13.1 Å². The molecule has 202 valence electrons. The lowest BCUT2D eigenvalue weighted by Gasteiger charge is -2.35. The lowest BCUT2D eigenvalue weighted by atomic mass is 9.81. The maximum absolute atomic E-state index is 14.2. The van der Waals surface area contributed by atoms with Crippen LogP contribution in [0.25, 0.3) is 0 Å². The summed E-state index contributed by atoms with van der Waals surface area (Å²) in [6.07, 6.45) is 1.60. The van der Waals surface area contributed by atoms with E-state index in [0.29, 0.717) is 23.9 Å². The van der Waals surface area contributed by atoms with Crippen molar-refractivity contribution in [1.82, 2.24) is 15.1 Å². The monoisotopic (exact) mass is 530 g/mol. The molecule has 2 aromatic rings. The number of likely N-dealkylation sites (tertiary alicyclic amines) is 1. The van der Waals surface area contributed by atoms with Crippen LogP contribution in [0.15, 0.2) is 42.5 Å². The van der Waals surface area contributed by atoms with Gasteiger partial charge in [0.2, 0.25) is 6.10 Å². The van der Waals surface area contributed by atoms with Gasteiger partial charge in [0.25, 0.3) is 5.91 Å². The van der Waals surface area contributed by atoms with Crippen LogP contribution >= 0.6 is 0 Å². The Kier molecular flexibility index (Phi) is 7.29. The molecule has 3 N–H and O–H groups in total. The molecule has 11 heteroatoms. The Labute approximate surface area is 217 Å². The van der Waals surface area contributed by atoms with Crippen molar-refractivity contribution < 1.29 is 32.3 Å².